The van der Waals surface area contributed by atoms with Crippen LogP contribution in [0.4, 0.5) is 0 Å². The second-order valence-electron chi connectivity index (χ2n) is 4.39. The van der Waals surface area contributed by atoms with E-state index in [9.17, 15) is 4.79 Å². The molecular weight excluding hydrogens is 248 g/mol. The molecule has 1 unspecified atom stereocenters. The number of fused-ring (bicyclic) bond motifs is 1. The average molecular weight is 262 g/mol. The number of amides is 1. The molecule has 0 bridgehead atoms. The molecule has 0 saturated carbocycles. The third-order valence-electron chi connectivity index (χ3n) is 3.28. The SMILES string of the molecule is CNC1C(=O)N(Cc2ncon2)CCc2ccoc21. The number of carbonyl (C=O) groups is 1. The summed E-state index contributed by atoms with van der Waals surface area (Å²) in [6.45, 7) is 0.954. The summed E-state index contributed by atoms with van der Waals surface area (Å²) in [7, 11) is 1.74. The predicted octanol–water partition coefficient (Wildman–Crippen LogP) is 0.508. The van der Waals surface area contributed by atoms with Crippen molar-refractivity contribution in [2.75, 3.05) is 13.6 Å². The Morgan fingerprint density at radius 3 is 3.21 bits per heavy atom. The minimum Gasteiger partial charge on any atom is -0.467 e. The van der Waals surface area contributed by atoms with E-state index < -0.39 is 6.04 Å². The summed E-state index contributed by atoms with van der Waals surface area (Å²) >= 11 is 0. The van der Waals surface area contributed by atoms with Crippen molar-refractivity contribution in [1.82, 2.24) is 20.4 Å². The summed E-state index contributed by atoms with van der Waals surface area (Å²) < 4.78 is 10.1. The lowest BCUT2D eigenvalue weighted by atomic mass is 10.1. The van der Waals surface area contributed by atoms with Gasteiger partial charge in [-0.05, 0) is 25.1 Å². The molecular formula is C12H14N4O3. The quantitative estimate of drug-likeness (QED) is 0.867. The van der Waals surface area contributed by atoms with Gasteiger partial charge >= 0.3 is 0 Å². The Kier molecular flexibility index (Phi) is 3.04. The monoisotopic (exact) mass is 262 g/mol. The summed E-state index contributed by atoms with van der Waals surface area (Å²) in [6.07, 6.45) is 3.64. The van der Waals surface area contributed by atoms with Gasteiger partial charge in [0.1, 0.15) is 11.8 Å². The van der Waals surface area contributed by atoms with Crippen LogP contribution in [0, 0.1) is 0 Å². The van der Waals surface area contributed by atoms with Crippen molar-refractivity contribution in [2.24, 2.45) is 0 Å². The first-order valence-electron chi connectivity index (χ1n) is 6.07. The molecule has 0 fully saturated rings. The number of furan rings is 1. The Bertz CT molecular complexity index is 563. The van der Waals surface area contributed by atoms with E-state index in [-0.39, 0.29) is 5.91 Å². The van der Waals surface area contributed by atoms with Crippen LogP contribution in [0.3, 0.4) is 0 Å². The first-order valence-corrected chi connectivity index (χ1v) is 6.07. The van der Waals surface area contributed by atoms with Crippen molar-refractivity contribution < 1.29 is 13.7 Å². The van der Waals surface area contributed by atoms with Crippen molar-refractivity contribution in [3.05, 3.63) is 35.9 Å². The number of rotatable bonds is 3. The van der Waals surface area contributed by atoms with Crippen LogP contribution in [0.2, 0.25) is 0 Å². The van der Waals surface area contributed by atoms with Crippen molar-refractivity contribution in [3.8, 4) is 0 Å². The van der Waals surface area contributed by atoms with E-state index in [1.54, 1.807) is 18.2 Å². The van der Waals surface area contributed by atoms with E-state index in [2.05, 4.69) is 20.0 Å². The highest BCUT2D eigenvalue weighted by molar-refractivity contribution is 5.83. The van der Waals surface area contributed by atoms with Crippen LogP contribution in [-0.2, 0) is 17.8 Å². The van der Waals surface area contributed by atoms with Crippen LogP contribution < -0.4 is 5.32 Å². The third-order valence-corrected chi connectivity index (χ3v) is 3.28. The minimum absolute atomic E-state index is 0.0407. The molecule has 0 radical (unpaired) electrons. The Morgan fingerprint density at radius 2 is 2.47 bits per heavy atom. The molecule has 1 amide bonds. The number of carbonyl (C=O) groups excluding carboxylic acids is 1. The molecule has 3 heterocycles. The lowest BCUT2D eigenvalue weighted by Crippen LogP contribution is -2.38. The molecule has 7 nitrogen and oxygen atoms in total. The molecule has 7 heteroatoms. The van der Waals surface area contributed by atoms with Crippen LogP contribution in [0.15, 0.2) is 27.7 Å². The van der Waals surface area contributed by atoms with E-state index in [1.807, 2.05) is 6.07 Å². The van der Waals surface area contributed by atoms with Gasteiger partial charge in [0.05, 0.1) is 12.8 Å². The van der Waals surface area contributed by atoms with Crippen molar-refractivity contribution in [1.29, 1.82) is 0 Å². The van der Waals surface area contributed by atoms with Crippen LogP contribution in [0.25, 0.3) is 0 Å². The maximum absolute atomic E-state index is 12.5. The Hall–Kier alpha value is -2.15. The van der Waals surface area contributed by atoms with Gasteiger partial charge in [-0.1, -0.05) is 5.16 Å². The van der Waals surface area contributed by atoms with Gasteiger partial charge in [-0.3, -0.25) is 4.79 Å². The highest BCUT2D eigenvalue weighted by Crippen LogP contribution is 2.26. The van der Waals surface area contributed by atoms with E-state index in [0.717, 1.165) is 12.0 Å². The zero-order valence-corrected chi connectivity index (χ0v) is 10.5. The molecule has 1 N–H and O–H groups in total. The first kappa shape index (κ1) is 11.9. The zero-order chi connectivity index (χ0) is 13.2. The topological polar surface area (TPSA) is 84.4 Å². The number of hydrogen-bond acceptors (Lipinski definition) is 6. The van der Waals surface area contributed by atoms with Crippen molar-refractivity contribution in [2.45, 2.75) is 19.0 Å². The standard InChI is InChI=1S/C12H14N4O3/c1-13-10-11-8(3-5-18-11)2-4-16(12(10)17)6-9-14-7-19-15-9/h3,5,7,10,13H,2,4,6H2,1H3. The summed E-state index contributed by atoms with van der Waals surface area (Å²) in [5.41, 5.74) is 1.06. The van der Waals surface area contributed by atoms with Crippen LogP contribution in [0.5, 0.6) is 0 Å². The molecule has 0 spiro atoms. The number of nitrogens with one attached hydrogen (secondary N) is 1. The minimum atomic E-state index is -0.459. The van der Waals surface area contributed by atoms with Gasteiger partial charge in [-0.2, -0.15) is 4.98 Å². The van der Waals surface area contributed by atoms with E-state index in [1.165, 1.54) is 6.39 Å². The number of likely N-dealkylation sites (N-methyl/N-ethyl adjacent to an activating group) is 1. The number of nitrogens with zero attached hydrogens (tertiary/aromatic N) is 3. The molecule has 100 valence electrons. The second-order valence-corrected chi connectivity index (χ2v) is 4.39. The lowest BCUT2D eigenvalue weighted by Gasteiger charge is -2.22. The lowest BCUT2D eigenvalue weighted by molar-refractivity contribution is -0.134. The van der Waals surface area contributed by atoms with E-state index in [0.29, 0.717) is 24.7 Å². The molecule has 19 heavy (non-hydrogen) atoms. The first-order chi connectivity index (χ1) is 9.29. The molecule has 0 aliphatic carbocycles. The second kappa shape index (κ2) is 4.85. The molecule has 0 saturated heterocycles. The highest BCUT2D eigenvalue weighted by Gasteiger charge is 2.32. The smallest absolute Gasteiger partial charge is 0.248 e. The summed E-state index contributed by atoms with van der Waals surface area (Å²) in [5, 5.41) is 6.74. The molecule has 2 aromatic heterocycles. The van der Waals surface area contributed by atoms with Crippen LogP contribution in [0.1, 0.15) is 23.2 Å². The summed E-state index contributed by atoms with van der Waals surface area (Å²) in [6, 6.07) is 1.45. The molecule has 1 aliphatic rings. The maximum atomic E-state index is 12.5. The number of hydrogen-bond donors (Lipinski definition) is 1. The van der Waals surface area contributed by atoms with Gasteiger partial charge in [0.2, 0.25) is 12.3 Å². The summed E-state index contributed by atoms with van der Waals surface area (Å²) in [5.74, 6) is 1.16. The van der Waals surface area contributed by atoms with E-state index >= 15 is 0 Å². The maximum Gasteiger partial charge on any atom is 0.248 e. The molecule has 1 aliphatic heterocycles. The van der Waals surface area contributed by atoms with Crippen LogP contribution >= 0.6 is 0 Å². The molecule has 0 aromatic carbocycles. The largest absolute Gasteiger partial charge is 0.467 e. The Balaban J connectivity index is 1.85. The zero-order valence-electron chi connectivity index (χ0n) is 10.5. The van der Waals surface area contributed by atoms with Crippen molar-refractivity contribution in [3.63, 3.8) is 0 Å². The molecule has 1 atom stereocenters. The van der Waals surface area contributed by atoms with Gasteiger partial charge in [-0.15, -0.1) is 0 Å². The summed E-state index contributed by atoms with van der Waals surface area (Å²) in [4.78, 5) is 18.1. The molecule has 3 rings (SSSR count). The average Bonchev–Trinajstić information content (AvgIpc) is 3.04. The molecule has 2 aromatic rings. The predicted molar refractivity (Wildman–Crippen MR) is 63.9 cm³/mol. The van der Waals surface area contributed by atoms with Gasteiger partial charge in [-0.25, -0.2) is 0 Å². The van der Waals surface area contributed by atoms with Gasteiger partial charge in [0, 0.05) is 6.54 Å². The highest BCUT2D eigenvalue weighted by atomic mass is 16.5. The third kappa shape index (κ3) is 2.12. The van der Waals surface area contributed by atoms with Crippen LogP contribution in [-0.4, -0.2) is 34.5 Å². The fraction of sp³-hybridized carbons (Fsp3) is 0.417. The van der Waals surface area contributed by atoms with Gasteiger partial charge < -0.3 is 19.2 Å². The Labute approximate surface area is 109 Å². The van der Waals surface area contributed by atoms with Gasteiger partial charge in [0.25, 0.3) is 0 Å². The normalized spacial score (nSPS) is 19.3. The van der Waals surface area contributed by atoms with E-state index in [4.69, 9.17) is 4.42 Å². The fourth-order valence-corrected chi connectivity index (χ4v) is 2.31. The Morgan fingerprint density at radius 1 is 1.58 bits per heavy atom. The van der Waals surface area contributed by atoms with Gasteiger partial charge in [0.15, 0.2) is 5.82 Å². The number of aromatic nitrogens is 2. The fourth-order valence-electron chi connectivity index (χ4n) is 2.31. The van der Waals surface area contributed by atoms with Crippen molar-refractivity contribution >= 4 is 5.91 Å².